The molecule has 0 aliphatic heterocycles. The first-order valence-electron chi connectivity index (χ1n) is 5.98. The van der Waals surface area contributed by atoms with Gasteiger partial charge in [-0.1, -0.05) is 0 Å². The van der Waals surface area contributed by atoms with E-state index in [-0.39, 0.29) is 11.6 Å². The highest BCUT2D eigenvalue weighted by molar-refractivity contribution is 6.07. The molecule has 20 heavy (non-hydrogen) atoms. The van der Waals surface area contributed by atoms with E-state index < -0.39 is 5.56 Å². The first-order valence-corrected chi connectivity index (χ1v) is 5.98. The van der Waals surface area contributed by atoms with Crippen LogP contribution in [0, 0.1) is 0 Å². The highest BCUT2D eigenvalue weighted by Gasteiger charge is 2.12. The van der Waals surface area contributed by atoms with Crippen LogP contribution in [0.2, 0.25) is 0 Å². The van der Waals surface area contributed by atoms with Crippen LogP contribution >= 0.6 is 0 Å². The van der Waals surface area contributed by atoms with Gasteiger partial charge in [0.1, 0.15) is 0 Å². The van der Waals surface area contributed by atoms with E-state index in [4.69, 9.17) is 0 Å². The number of hydrogen-bond donors (Lipinski definition) is 2. The average Bonchev–Trinajstić information content (AvgIpc) is 2.51. The largest absolute Gasteiger partial charge is 0.423 e. The summed E-state index contributed by atoms with van der Waals surface area (Å²) in [4.78, 5) is 27.7. The number of nitrogens with one attached hydrogen (secondary N) is 1. The Morgan fingerprint density at radius 3 is 2.80 bits per heavy atom. The molecule has 0 saturated heterocycles. The van der Waals surface area contributed by atoms with Crippen LogP contribution in [0.5, 0.6) is 0 Å². The Bertz CT molecular complexity index is 899. The molecule has 1 aromatic carbocycles. The van der Waals surface area contributed by atoms with Gasteiger partial charge < -0.3 is 10.5 Å². The molecular weight excluding hydrogens is 258 g/mol. The summed E-state index contributed by atoms with van der Waals surface area (Å²) in [7, 11) is 1.54. The maximum atomic E-state index is 12.1. The number of benzene rings is 1. The summed E-state index contributed by atoms with van der Waals surface area (Å²) >= 11 is 0. The van der Waals surface area contributed by atoms with Crippen LogP contribution in [0.25, 0.3) is 21.8 Å². The average molecular weight is 269 g/mol. The van der Waals surface area contributed by atoms with Gasteiger partial charge in [0.2, 0.25) is 0 Å². The second-order valence-corrected chi connectivity index (χ2v) is 4.33. The fourth-order valence-corrected chi connectivity index (χ4v) is 2.23. The van der Waals surface area contributed by atoms with E-state index in [0.717, 1.165) is 0 Å². The van der Waals surface area contributed by atoms with E-state index in [9.17, 15) is 14.8 Å². The first kappa shape index (κ1) is 12.2. The van der Waals surface area contributed by atoms with Gasteiger partial charge in [0.05, 0.1) is 5.39 Å². The molecule has 0 fully saturated rings. The number of hydrogen-bond acceptors (Lipinski definition) is 4. The van der Waals surface area contributed by atoms with Crippen molar-refractivity contribution >= 4 is 27.7 Å². The summed E-state index contributed by atoms with van der Waals surface area (Å²) in [5.74, 6) is -0.239. The number of pyridine rings is 2. The number of fused-ring (bicyclic) bond motifs is 3. The molecule has 0 unspecified atom stereocenters. The molecule has 2 N–H and O–H groups in total. The van der Waals surface area contributed by atoms with Gasteiger partial charge in [-0.15, -0.1) is 4.73 Å². The predicted octanol–water partition coefficient (Wildman–Crippen LogP) is 1.15. The number of rotatable bonds is 1. The zero-order chi connectivity index (χ0) is 14.3. The minimum absolute atomic E-state index is 0.166. The summed E-state index contributed by atoms with van der Waals surface area (Å²) in [5, 5.41) is 13.9. The van der Waals surface area contributed by atoms with E-state index in [1.54, 1.807) is 24.3 Å². The zero-order valence-corrected chi connectivity index (χ0v) is 10.6. The zero-order valence-electron chi connectivity index (χ0n) is 10.6. The van der Waals surface area contributed by atoms with Crippen LogP contribution in [0.3, 0.4) is 0 Å². The molecule has 0 radical (unpaired) electrons. The quantitative estimate of drug-likeness (QED) is 0.512. The second kappa shape index (κ2) is 4.34. The van der Waals surface area contributed by atoms with Crippen LogP contribution < -0.4 is 10.9 Å². The molecule has 3 aromatic rings. The predicted molar refractivity (Wildman–Crippen MR) is 74.1 cm³/mol. The number of aromatic nitrogens is 2. The fraction of sp³-hybridized carbons (Fsp3) is 0.0714. The fourth-order valence-electron chi connectivity index (χ4n) is 2.23. The third-order valence-electron chi connectivity index (χ3n) is 3.21. The van der Waals surface area contributed by atoms with Crippen molar-refractivity contribution in [2.24, 2.45) is 0 Å². The van der Waals surface area contributed by atoms with Gasteiger partial charge in [-0.05, 0) is 35.7 Å². The lowest BCUT2D eigenvalue weighted by Gasteiger charge is -2.07. The van der Waals surface area contributed by atoms with E-state index >= 15 is 0 Å². The number of carbonyl (C=O) groups is 1. The van der Waals surface area contributed by atoms with Gasteiger partial charge in [-0.3, -0.25) is 9.59 Å². The minimum atomic E-state index is -0.561. The highest BCUT2D eigenvalue weighted by Crippen LogP contribution is 2.21. The topological polar surface area (TPSA) is 84.2 Å². The molecule has 6 heteroatoms. The number of carbonyl (C=O) groups excluding carboxylic acids is 1. The van der Waals surface area contributed by atoms with E-state index in [1.807, 2.05) is 0 Å². The highest BCUT2D eigenvalue weighted by atomic mass is 16.5. The lowest BCUT2D eigenvalue weighted by atomic mass is 10.0. The monoisotopic (exact) mass is 269 g/mol. The second-order valence-electron chi connectivity index (χ2n) is 4.33. The van der Waals surface area contributed by atoms with Crippen LogP contribution in [0.1, 0.15) is 10.4 Å². The Balaban J connectivity index is 2.51. The molecule has 0 aliphatic carbocycles. The van der Waals surface area contributed by atoms with Crippen molar-refractivity contribution in [3.05, 3.63) is 52.4 Å². The van der Waals surface area contributed by atoms with Crippen molar-refractivity contribution in [3.63, 3.8) is 0 Å². The van der Waals surface area contributed by atoms with E-state index in [2.05, 4.69) is 10.3 Å². The van der Waals surface area contributed by atoms with Gasteiger partial charge in [-0.25, -0.2) is 4.98 Å². The van der Waals surface area contributed by atoms with Crippen LogP contribution in [0.4, 0.5) is 0 Å². The van der Waals surface area contributed by atoms with Gasteiger partial charge in [-0.2, -0.15) is 0 Å². The Kier molecular flexibility index (Phi) is 2.64. The van der Waals surface area contributed by atoms with E-state index in [0.29, 0.717) is 26.5 Å². The Morgan fingerprint density at radius 1 is 1.25 bits per heavy atom. The molecule has 6 nitrogen and oxygen atoms in total. The van der Waals surface area contributed by atoms with Gasteiger partial charge in [0, 0.05) is 24.2 Å². The molecule has 0 saturated carbocycles. The SMILES string of the molecule is CNC(=O)c1ccc2c(=O)n(O)c3ncccc3c2c1. The molecule has 0 aliphatic rings. The van der Waals surface area contributed by atoms with Gasteiger partial charge >= 0.3 is 0 Å². The van der Waals surface area contributed by atoms with Crippen LogP contribution in [-0.2, 0) is 0 Å². The Morgan fingerprint density at radius 2 is 2.05 bits per heavy atom. The standard InChI is InChI=1S/C14H11N3O3/c1-15-13(18)8-4-5-10-11(7-8)9-3-2-6-16-12(9)17(20)14(10)19/h2-7,20H,1H3,(H,15,18). The van der Waals surface area contributed by atoms with Crippen LogP contribution in [-0.4, -0.2) is 27.9 Å². The number of nitrogens with zero attached hydrogens (tertiary/aromatic N) is 2. The van der Waals surface area contributed by atoms with Gasteiger partial charge in [0.25, 0.3) is 11.5 Å². The maximum absolute atomic E-state index is 12.1. The maximum Gasteiger partial charge on any atom is 0.292 e. The molecule has 1 amide bonds. The lowest BCUT2D eigenvalue weighted by molar-refractivity contribution is 0.0963. The summed E-state index contributed by atoms with van der Waals surface area (Å²) in [6, 6.07) is 8.15. The summed E-state index contributed by atoms with van der Waals surface area (Å²) in [6.07, 6.45) is 1.49. The Labute approximate surface area is 113 Å². The third-order valence-corrected chi connectivity index (χ3v) is 3.21. The summed E-state index contributed by atoms with van der Waals surface area (Å²) in [5.41, 5.74) is 0.0500. The van der Waals surface area contributed by atoms with Crippen molar-refractivity contribution < 1.29 is 10.0 Å². The molecule has 100 valence electrons. The van der Waals surface area contributed by atoms with Crippen molar-refractivity contribution in [1.82, 2.24) is 15.0 Å². The normalized spacial score (nSPS) is 10.8. The third kappa shape index (κ3) is 1.62. The molecule has 2 heterocycles. The summed E-state index contributed by atoms with van der Waals surface area (Å²) in [6.45, 7) is 0. The van der Waals surface area contributed by atoms with Crippen LogP contribution in [0.15, 0.2) is 41.3 Å². The molecule has 0 spiro atoms. The molecule has 0 bridgehead atoms. The number of amides is 1. The lowest BCUT2D eigenvalue weighted by Crippen LogP contribution is -2.20. The minimum Gasteiger partial charge on any atom is -0.423 e. The Hall–Kier alpha value is -2.89. The molecule has 2 aromatic heterocycles. The van der Waals surface area contributed by atoms with Crippen molar-refractivity contribution in [3.8, 4) is 0 Å². The first-order chi connectivity index (χ1) is 9.63. The molecule has 3 rings (SSSR count). The molecule has 0 atom stereocenters. The van der Waals surface area contributed by atoms with Crippen molar-refractivity contribution in [2.75, 3.05) is 7.05 Å². The molecular formula is C14H11N3O3. The van der Waals surface area contributed by atoms with Crippen molar-refractivity contribution in [1.29, 1.82) is 0 Å². The smallest absolute Gasteiger partial charge is 0.292 e. The summed E-state index contributed by atoms with van der Waals surface area (Å²) < 4.78 is 0.525. The van der Waals surface area contributed by atoms with Gasteiger partial charge in [0.15, 0.2) is 5.65 Å². The van der Waals surface area contributed by atoms with Crippen molar-refractivity contribution in [2.45, 2.75) is 0 Å². The van der Waals surface area contributed by atoms with E-state index in [1.165, 1.54) is 19.3 Å².